The number of ether oxygens (including phenoxy) is 2. The molecule has 7 nitrogen and oxygen atoms in total. The normalized spacial score (nSPS) is 11.8. The van der Waals surface area contributed by atoms with Crippen molar-refractivity contribution < 1.29 is 13.9 Å². The molecule has 0 radical (unpaired) electrons. The van der Waals surface area contributed by atoms with Gasteiger partial charge in [0.15, 0.2) is 11.5 Å². The zero-order valence-corrected chi connectivity index (χ0v) is 18.7. The minimum atomic E-state index is 0.574. The SMILES string of the molecule is CCc1ccc2oc(-c3ccc(OC)c(OC)c3)c/c(=N\Nc3nc4ccccc4[nH]3)c2c1. The largest absolute Gasteiger partial charge is 0.493 e. The van der Waals surface area contributed by atoms with E-state index in [1.807, 2.05) is 54.6 Å². The molecule has 0 aliphatic carbocycles. The number of benzene rings is 3. The van der Waals surface area contributed by atoms with Crippen molar-refractivity contribution in [2.45, 2.75) is 13.3 Å². The van der Waals surface area contributed by atoms with Crippen LogP contribution in [0.4, 0.5) is 5.95 Å². The van der Waals surface area contributed by atoms with Gasteiger partial charge >= 0.3 is 0 Å². The molecule has 0 aliphatic rings. The van der Waals surface area contributed by atoms with Crippen LogP contribution in [0.3, 0.4) is 0 Å². The first-order chi connectivity index (χ1) is 16.2. The Hall–Kier alpha value is -4.26. The van der Waals surface area contributed by atoms with Gasteiger partial charge in [-0.15, -0.1) is 0 Å². The van der Waals surface area contributed by atoms with Gasteiger partial charge in [-0.05, 0) is 54.4 Å². The van der Waals surface area contributed by atoms with Crippen molar-refractivity contribution in [1.29, 1.82) is 0 Å². The Labute approximate surface area is 190 Å². The molecule has 166 valence electrons. The van der Waals surface area contributed by atoms with Crippen LogP contribution in [0.2, 0.25) is 0 Å². The van der Waals surface area contributed by atoms with Gasteiger partial charge in [0.1, 0.15) is 11.3 Å². The highest BCUT2D eigenvalue weighted by Gasteiger charge is 2.11. The van der Waals surface area contributed by atoms with Crippen molar-refractivity contribution in [3.63, 3.8) is 0 Å². The van der Waals surface area contributed by atoms with E-state index in [9.17, 15) is 0 Å². The van der Waals surface area contributed by atoms with Gasteiger partial charge in [-0.2, -0.15) is 5.10 Å². The van der Waals surface area contributed by atoms with Crippen LogP contribution in [0.25, 0.3) is 33.3 Å². The summed E-state index contributed by atoms with van der Waals surface area (Å²) in [5.74, 6) is 2.53. The Morgan fingerprint density at radius 3 is 2.61 bits per heavy atom. The number of aryl methyl sites for hydroxylation is 1. The number of para-hydroxylation sites is 2. The molecule has 7 heteroatoms. The summed E-state index contributed by atoms with van der Waals surface area (Å²) in [6.07, 6.45) is 0.920. The average molecular weight is 441 g/mol. The fourth-order valence-corrected chi connectivity index (χ4v) is 3.78. The lowest BCUT2D eigenvalue weighted by molar-refractivity contribution is 0.355. The molecule has 2 aromatic heterocycles. The van der Waals surface area contributed by atoms with Gasteiger partial charge in [0.05, 0.1) is 30.6 Å². The number of hydrogen-bond donors (Lipinski definition) is 2. The number of nitrogens with one attached hydrogen (secondary N) is 2. The van der Waals surface area contributed by atoms with Crippen LogP contribution in [0.15, 0.2) is 76.2 Å². The number of imidazole rings is 1. The van der Waals surface area contributed by atoms with Crippen LogP contribution in [0.5, 0.6) is 11.5 Å². The van der Waals surface area contributed by atoms with Crippen molar-refractivity contribution in [1.82, 2.24) is 9.97 Å². The second-order valence-corrected chi connectivity index (χ2v) is 7.58. The van der Waals surface area contributed by atoms with Crippen molar-refractivity contribution in [2.24, 2.45) is 5.10 Å². The maximum atomic E-state index is 6.25. The molecule has 0 bridgehead atoms. The summed E-state index contributed by atoms with van der Waals surface area (Å²) in [7, 11) is 3.23. The summed E-state index contributed by atoms with van der Waals surface area (Å²) in [6, 6.07) is 21.6. The van der Waals surface area contributed by atoms with Crippen molar-refractivity contribution in [3.8, 4) is 22.8 Å². The minimum Gasteiger partial charge on any atom is -0.493 e. The summed E-state index contributed by atoms with van der Waals surface area (Å²) in [4.78, 5) is 7.79. The third-order valence-electron chi connectivity index (χ3n) is 5.56. The first kappa shape index (κ1) is 20.6. The molecule has 2 N–H and O–H groups in total. The van der Waals surface area contributed by atoms with Crippen LogP contribution in [-0.2, 0) is 6.42 Å². The summed E-state index contributed by atoms with van der Waals surface area (Å²) in [6.45, 7) is 2.12. The number of methoxy groups -OCH3 is 2. The first-order valence-electron chi connectivity index (χ1n) is 10.7. The average Bonchev–Trinajstić information content (AvgIpc) is 3.29. The molecule has 0 amide bonds. The fourth-order valence-electron chi connectivity index (χ4n) is 3.78. The lowest BCUT2D eigenvalue weighted by Gasteiger charge is -2.10. The molecule has 0 unspecified atom stereocenters. The maximum absolute atomic E-state index is 6.25. The molecule has 0 atom stereocenters. The Morgan fingerprint density at radius 2 is 1.82 bits per heavy atom. The van der Waals surface area contributed by atoms with E-state index in [4.69, 9.17) is 13.9 Å². The lowest BCUT2D eigenvalue weighted by atomic mass is 10.1. The molecule has 0 aliphatic heterocycles. The Kier molecular flexibility index (Phi) is 5.44. The van der Waals surface area contributed by atoms with Gasteiger partial charge in [-0.25, -0.2) is 10.4 Å². The van der Waals surface area contributed by atoms with Gasteiger partial charge in [0.2, 0.25) is 5.95 Å². The number of nitrogens with zero attached hydrogens (tertiary/aromatic N) is 2. The molecule has 0 spiro atoms. The van der Waals surface area contributed by atoms with Gasteiger partial charge in [-0.3, -0.25) is 0 Å². The highest BCUT2D eigenvalue weighted by atomic mass is 16.5. The lowest BCUT2D eigenvalue weighted by Crippen LogP contribution is -2.08. The minimum absolute atomic E-state index is 0.574. The number of aromatic amines is 1. The van der Waals surface area contributed by atoms with Gasteiger partial charge in [0.25, 0.3) is 0 Å². The molecule has 0 fully saturated rings. The maximum Gasteiger partial charge on any atom is 0.222 e. The molecule has 2 heterocycles. The number of anilines is 1. The number of hydrogen-bond acceptors (Lipinski definition) is 6. The molecular formula is C26H24N4O3. The van der Waals surface area contributed by atoms with E-state index in [1.165, 1.54) is 5.56 Å². The Balaban J connectivity index is 1.64. The Bertz CT molecular complexity index is 1480. The van der Waals surface area contributed by atoms with Gasteiger partial charge in [0, 0.05) is 17.0 Å². The second kappa shape index (κ2) is 8.70. The number of aromatic nitrogens is 2. The summed E-state index contributed by atoms with van der Waals surface area (Å²) >= 11 is 0. The molecular weight excluding hydrogens is 416 g/mol. The van der Waals surface area contributed by atoms with E-state index in [0.717, 1.165) is 39.3 Å². The Morgan fingerprint density at radius 1 is 0.970 bits per heavy atom. The van der Waals surface area contributed by atoms with Crippen molar-refractivity contribution in [3.05, 3.63) is 77.7 Å². The molecule has 5 rings (SSSR count). The van der Waals surface area contributed by atoms with Crippen molar-refractivity contribution in [2.75, 3.05) is 19.6 Å². The van der Waals surface area contributed by atoms with Gasteiger partial charge < -0.3 is 18.9 Å². The molecule has 3 aromatic carbocycles. The smallest absolute Gasteiger partial charge is 0.222 e. The van der Waals surface area contributed by atoms with E-state index < -0.39 is 0 Å². The predicted molar refractivity (Wildman–Crippen MR) is 129 cm³/mol. The number of fused-ring (bicyclic) bond motifs is 2. The first-order valence-corrected chi connectivity index (χ1v) is 10.7. The quantitative estimate of drug-likeness (QED) is 0.341. The van der Waals surface area contributed by atoms with Crippen LogP contribution in [-0.4, -0.2) is 24.2 Å². The monoisotopic (exact) mass is 440 g/mol. The van der Waals surface area contributed by atoms with Crippen LogP contribution in [0, 0.1) is 0 Å². The van der Waals surface area contributed by atoms with Crippen LogP contribution in [0.1, 0.15) is 12.5 Å². The zero-order valence-electron chi connectivity index (χ0n) is 18.7. The highest BCUT2D eigenvalue weighted by molar-refractivity contribution is 5.80. The number of rotatable bonds is 6. The third-order valence-corrected chi connectivity index (χ3v) is 5.56. The van der Waals surface area contributed by atoms with Crippen molar-refractivity contribution >= 4 is 28.0 Å². The molecule has 0 saturated heterocycles. The summed E-state index contributed by atoms with van der Waals surface area (Å²) in [5.41, 5.74) is 7.70. The van der Waals surface area contributed by atoms with Gasteiger partial charge in [-0.1, -0.05) is 25.1 Å². The van der Waals surface area contributed by atoms with E-state index in [-0.39, 0.29) is 0 Å². The van der Waals surface area contributed by atoms with E-state index in [0.29, 0.717) is 23.2 Å². The topological polar surface area (TPSA) is 84.7 Å². The molecule has 0 saturated carbocycles. The third kappa shape index (κ3) is 4.01. The van der Waals surface area contributed by atoms with Crippen LogP contribution < -0.4 is 20.3 Å². The second-order valence-electron chi connectivity index (χ2n) is 7.58. The zero-order chi connectivity index (χ0) is 22.8. The summed E-state index contributed by atoms with van der Waals surface area (Å²) < 4.78 is 17.1. The van der Waals surface area contributed by atoms with E-state index in [1.54, 1.807) is 14.2 Å². The van der Waals surface area contributed by atoms with E-state index >= 15 is 0 Å². The fraction of sp³-hybridized carbons (Fsp3) is 0.154. The van der Waals surface area contributed by atoms with E-state index in [2.05, 4.69) is 39.6 Å². The van der Waals surface area contributed by atoms with Crippen LogP contribution >= 0.6 is 0 Å². The number of H-pyrrole nitrogens is 1. The molecule has 33 heavy (non-hydrogen) atoms. The summed E-state index contributed by atoms with van der Waals surface area (Å²) in [5, 5.41) is 6.34. The standard InChI is InChI=1S/C26H24N4O3/c1-4-16-9-11-22-18(13-16)21(29-30-26-27-19-7-5-6-8-20(19)28-26)15-24(33-22)17-10-12-23(31-2)25(14-17)32-3/h5-15H,4H2,1-3H3,(H2,27,28,30)/b29-21+. The predicted octanol–water partition coefficient (Wildman–Crippen LogP) is 5.48. The molecule has 5 aromatic rings. The highest BCUT2D eigenvalue weighted by Crippen LogP contribution is 2.32.